The molecule has 5 nitrogen and oxygen atoms in total. The molecule has 0 spiro atoms. The maximum Gasteiger partial charge on any atom is 0.231 e. The molecule has 1 aromatic carbocycles. The van der Waals surface area contributed by atoms with Crippen LogP contribution in [-0.4, -0.2) is 28.1 Å². The molecule has 0 bridgehead atoms. The number of aromatic nitrogens is 2. The van der Waals surface area contributed by atoms with Crippen molar-refractivity contribution in [1.82, 2.24) is 15.0 Å². The molecular formula is C15H15ClN4O. The number of hydrogen-bond acceptors (Lipinski definition) is 5. The number of nitrogens with zero attached hydrogens (tertiary/aromatic N) is 4. The van der Waals surface area contributed by atoms with E-state index in [1.165, 1.54) is 0 Å². The maximum atomic E-state index is 9.19. The standard InChI is InChI=1S/C15H15ClN4O/c1-10-18-15(21-19-10)12-4-5-20(9-12)8-11-2-3-14(16)6-13(11)7-17/h2-3,6,12H,4-5,8-9H2,1H3. The van der Waals surface area contributed by atoms with Gasteiger partial charge < -0.3 is 4.52 Å². The molecule has 1 aromatic heterocycles. The second-order valence-electron chi connectivity index (χ2n) is 5.31. The molecular weight excluding hydrogens is 288 g/mol. The minimum absolute atomic E-state index is 0.282. The molecule has 0 radical (unpaired) electrons. The van der Waals surface area contributed by atoms with E-state index in [0.717, 1.165) is 31.6 Å². The Morgan fingerprint density at radius 2 is 2.38 bits per heavy atom. The number of benzene rings is 1. The zero-order chi connectivity index (χ0) is 14.8. The average Bonchev–Trinajstić information content (AvgIpc) is 3.09. The van der Waals surface area contributed by atoms with Crippen molar-refractivity contribution < 1.29 is 4.52 Å². The van der Waals surface area contributed by atoms with Gasteiger partial charge in [-0.15, -0.1) is 0 Å². The summed E-state index contributed by atoms with van der Waals surface area (Å²) < 4.78 is 5.25. The second kappa shape index (κ2) is 5.84. The molecule has 0 amide bonds. The van der Waals surface area contributed by atoms with E-state index in [1.54, 1.807) is 6.07 Å². The van der Waals surface area contributed by atoms with Crippen LogP contribution < -0.4 is 0 Å². The van der Waals surface area contributed by atoms with Crippen LogP contribution >= 0.6 is 11.6 Å². The summed E-state index contributed by atoms with van der Waals surface area (Å²) in [5, 5.41) is 13.6. The van der Waals surface area contributed by atoms with E-state index >= 15 is 0 Å². The molecule has 6 heteroatoms. The number of likely N-dealkylation sites (tertiary alicyclic amines) is 1. The van der Waals surface area contributed by atoms with E-state index < -0.39 is 0 Å². The summed E-state index contributed by atoms with van der Waals surface area (Å²) in [5.41, 5.74) is 1.64. The highest BCUT2D eigenvalue weighted by Gasteiger charge is 2.28. The highest BCUT2D eigenvalue weighted by Crippen LogP contribution is 2.27. The van der Waals surface area contributed by atoms with E-state index in [9.17, 15) is 5.26 Å². The van der Waals surface area contributed by atoms with Gasteiger partial charge >= 0.3 is 0 Å². The Bertz CT molecular complexity index is 691. The van der Waals surface area contributed by atoms with Crippen molar-refractivity contribution in [2.75, 3.05) is 13.1 Å². The molecule has 1 aliphatic rings. The van der Waals surface area contributed by atoms with Gasteiger partial charge in [0.2, 0.25) is 5.89 Å². The van der Waals surface area contributed by atoms with Crippen molar-refractivity contribution in [2.45, 2.75) is 25.8 Å². The summed E-state index contributed by atoms with van der Waals surface area (Å²) in [6.07, 6.45) is 0.997. The molecule has 2 heterocycles. The lowest BCUT2D eigenvalue weighted by Gasteiger charge is -2.16. The van der Waals surface area contributed by atoms with E-state index in [-0.39, 0.29) is 5.92 Å². The van der Waals surface area contributed by atoms with Crippen molar-refractivity contribution in [3.8, 4) is 6.07 Å². The highest BCUT2D eigenvalue weighted by atomic mass is 35.5. The van der Waals surface area contributed by atoms with Crippen LogP contribution in [0.5, 0.6) is 0 Å². The number of nitriles is 1. The topological polar surface area (TPSA) is 66.0 Å². The molecule has 3 rings (SSSR count). The smallest absolute Gasteiger partial charge is 0.231 e. The lowest BCUT2D eigenvalue weighted by Crippen LogP contribution is -2.20. The summed E-state index contributed by atoms with van der Waals surface area (Å²) in [5.74, 6) is 1.67. The summed E-state index contributed by atoms with van der Waals surface area (Å²) in [4.78, 5) is 6.61. The SMILES string of the molecule is Cc1noc(C2CCN(Cc3ccc(Cl)cc3C#N)C2)n1. The third-order valence-electron chi connectivity index (χ3n) is 3.75. The molecule has 1 saturated heterocycles. The van der Waals surface area contributed by atoms with Gasteiger partial charge in [-0.2, -0.15) is 10.2 Å². The molecule has 1 atom stereocenters. The number of hydrogen-bond donors (Lipinski definition) is 0. The third-order valence-corrected chi connectivity index (χ3v) is 3.99. The Morgan fingerprint density at radius 1 is 1.52 bits per heavy atom. The first-order valence-corrected chi connectivity index (χ1v) is 7.24. The van der Waals surface area contributed by atoms with E-state index in [0.29, 0.717) is 22.3 Å². The molecule has 0 aliphatic carbocycles. The van der Waals surface area contributed by atoms with E-state index in [1.807, 2.05) is 19.1 Å². The molecule has 0 N–H and O–H groups in total. The Hall–Kier alpha value is -1.90. The fourth-order valence-corrected chi connectivity index (χ4v) is 2.86. The van der Waals surface area contributed by atoms with Gasteiger partial charge in [-0.25, -0.2) is 0 Å². The van der Waals surface area contributed by atoms with Crippen molar-refractivity contribution in [1.29, 1.82) is 5.26 Å². The zero-order valence-electron chi connectivity index (χ0n) is 11.7. The Balaban J connectivity index is 1.69. The van der Waals surface area contributed by atoms with Crippen LogP contribution in [0.2, 0.25) is 5.02 Å². The van der Waals surface area contributed by atoms with Crippen molar-refractivity contribution >= 4 is 11.6 Å². The monoisotopic (exact) mass is 302 g/mol. The fourth-order valence-electron chi connectivity index (χ4n) is 2.69. The molecule has 108 valence electrons. The van der Waals surface area contributed by atoms with Gasteiger partial charge in [-0.05, 0) is 37.6 Å². The van der Waals surface area contributed by atoms with Gasteiger partial charge in [0.05, 0.1) is 17.6 Å². The van der Waals surface area contributed by atoms with Crippen LogP contribution in [0.25, 0.3) is 0 Å². The maximum absolute atomic E-state index is 9.19. The third kappa shape index (κ3) is 3.07. The first-order chi connectivity index (χ1) is 10.2. The van der Waals surface area contributed by atoms with Crippen molar-refractivity contribution in [3.63, 3.8) is 0 Å². The van der Waals surface area contributed by atoms with Gasteiger partial charge in [0.15, 0.2) is 5.82 Å². The van der Waals surface area contributed by atoms with Gasteiger partial charge in [-0.1, -0.05) is 22.8 Å². The zero-order valence-corrected chi connectivity index (χ0v) is 12.5. The Kier molecular flexibility index (Phi) is 3.91. The van der Waals surface area contributed by atoms with Crippen LogP contribution in [0.4, 0.5) is 0 Å². The predicted octanol–water partition coefficient (Wildman–Crippen LogP) is 2.89. The van der Waals surface area contributed by atoms with Crippen LogP contribution in [0.15, 0.2) is 22.7 Å². The first-order valence-electron chi connectivity index (χ1n) is 6.87. The fraction of sp³-hybridized carbons (Fsp3) is 0.400. The molecule has 0 saturated carbocycles. The average molecular weight is 303 g/mol. The molecule has 21 heavy (non-hydrogen) atoms. The minimum atomic E-state index is 0.282. The van der Waals surface area contributed by atoms with Crippen molar-refractivity contribution in [3.05, 3.63) is 46.1 Å². The number of rotatable bonds is 3. The number of aryl methyl sites for hydroxylation is 1. The predicted molar refractivity (Wildman–Crippen MR) is 77.8 cm³/mol. The largest absolute Gasteiger partial charge is 0.339 e. The number of halogens is 1. The Morgan fingerprint density at radius 3 is 3.10 bits per heavy atom. The van der Waals surface area contributed by atoms with E-state index in [4.69, 9.17) is 16.1 Å². The van der Waals surface area contributed by atoms with Gasteiger partial charge in [0.25, 0.3) is 0 Å². The van der Waals surface area contributed by atoms with E-state index in [2.05, 4.69) is 21.1 Å². The van der Waals surface area contributed by atoms with Crippen LogP contribution in [0.3, 0.4) is 0 Å². The van der Waals surface area contributed by atoms with Gasteiger partial charge in [0, 0.05) is 18.1 Å². The van der Waals surface area contributed by atoms with Crippen molar-refractivity contribution in [2.24, 2.45) is 0 Å². The Labute approximate surface area is 128 Å². The summed E-state index contributed by atoms with van der Waals surface area (Å²) >= 11 is 5.93. The molecule has 1 fully saturated rings. The summed E-state index contributed by atoms with van der Waals surface area (Å²) in [6, 6.07) is 7.67. The summed E-state index contributed by atoms with van der Waals surface area (Å²) in [6.45, 7) is 4.39. The lowest BCUT2D eigenvalue weighted by molar-refractivity contribution is 0.308. The summed E-state index contributed by atoms with van der Waals surface area (Å²) in [7, 11) is 0. The first kappa shape index (κ1) is 14.1. The molecule has 1 aliphatic heterocycles. The highest BCUT2D eigenvalue weighted by molar-refractivity contribution is 6.30. The molecule has 2 aromatic rings. The van der Waals surface area contributed by atoms with Gasteiger partial charge in [0.1, 0.15) is 0 Å². The minimum Gasteiger partial charge on any atom is -0.339 e. The normalized spacial score (nSPS) is 18.8. The van der Waals surface area contributed by atoms with Gasteiger partial charge in [-0.3, -0.25) is 4.90 Å². The second-order valence-corrected chi connectivity index (χ2v) is 5.75. The lowest BCUT2D eigenvalue weighted by atomic mass is 10.1. The van der Waals surface area contributed by atoms with Crippen LogP contribution in [0.1, 0.15) is 35.2 Å². The van der Waals surface area contributed by atoms with Crippen LogP contribution in [-0.2, 0) is 6.54 Å². The quantitative estimate of drug-likeness (QED) is 0.872. The van der Waals surface area contributed by atoms with Crippen LogP contribution in [0, 0.1) is 18.3 Å². The molecule has 1 unspecified atom stereocenters.